The van der Waals surface area contributed by atoms with Crippen molar-refractivity contribution in [1.29, 1.82) is 0 Å². The Morgan fingerprint density at radius 3 is 2.74 bits per heavy atom. The van der Waals surface area contributed by atoms with Crippen molar-refractivity contribution in [1.82, 2.24) is 20.2 Å². The average Bonchev–Trinajstić information content (AvgIpc) is 2.77. The predicted molar refractivity (Wildman–Crippen MR) is 65.3 cm³/mol. The number of fused-ring (bicyclic) bond motifs is 5. The fourth-order valence-corrected chi connectivity index (χ4v) is 4.74. The lowest BCUT2D eigenvalue weighted by Gasteiger charge is -2.13. The van der Waals surface area contributed by atoms with Gasteiger partial charge in [-0.05, 0) is 60.3 Å². The quantitative estimate of drug-likeness (QED) is 0.888. The molecule has 1 heterocycles. The lowest BCUT2D eigenvalue weighted by Crippen LogP contribution is -2.16. The topological polar surface area (TPSA) is 80.9 Å². The van der Waals surface area contributed by atoms with E-state index in [9.17, 15) is 4.79 Å². The second-order valence-electron chi connectivity index (χ2n) is 6.44. The van der Waals surface area contributed by atoms with Crippen molar-refractivity contribution in [2.45, 2.75) is 44.6 Å². The van der Waals surface area contributed by atoms with E-state index < -0.39 is 5.97 Å². The molecular formula is C13H18N4O2. The summed E-state index contributed by atoms with van der Waals surface area (Å²) in [4.78, 5) is 10.8. The molecule has 6 nitrogen and oxygen atoms in total. The number of rotatable bonds is 4. The van der Waals surface area contributed by atoms with Gasteiger partial charge in [0.1, 0.15) is 0 Å². The normalized spacial score (nSPS) is 40.2. The van der Waals surface area contributed by atoms with Crippen LogP contribution in [0.2, 0.25) is 0 Å². The summed E-state index contributed by atoms with van der Waals surface area (Å²) >= 11 is 0. The Bertz CT molecular complexity index is 512. The molecular weight excluding hydrogens is 244 g/mol. The van der Waals surface area contributed by atoms with Crippen LogP contribution in [-0.2, 0) is 4.79 Å². The van der Waals surface area contributed by atoms with E-state index in [0.29, 0.717) is 5.92 Å². The number of carboxylic acids is 1. The van der Waals surface area contributed by atoms with Crippen molar-refractivity contribution in [2.75, 3.05) is 0 Å². The Hall–Kier alpha value is -1.46. The van der Waals surface area contributed by atoms with E-state index >= 15 is 0 Å². The van der Waals surface area contributed by atoms with Gasteiger partial charge < -0.3 is 5.11 Å². The first-order chi connectivity index (χ1) is 9.16. The third-order valence-electron chi connectivity index (χ3n) is 5.44. The van der Waals surface area contributed by atoms with Crippen LogP contribution in [0.15, 0.2) is 0 Å². The molecule has 19 heavy (non-hydrogen) atoms. The average molecular weight is 262 g/mol. The number of nitrogens with zero attached hydrogens (tertiary/aromatic N) is 4. The molecule has 102 valence electrons. The highest BCUT2D eigenvalue weighted by atomic mass is 16.4. The third-order valence-corrected chi connectivity index (χ3v) is 5.44. The van der Waals surface area contributed by atoms with Gasteiger partial charge in [0.15, 0.2) is 5.82 Å². The molecule has 3 aliphatic rings. The maximum absolute atomic E-state index is 10.8. The number of hydrogen-bond donors (Lipinski definition) is 1. The molecule has 6 heteroatoms. The Morgan fingerprint density at radius 1 is 1.42 bits per heavy atom. The molecule has 0 aliphatic heterocycles. The highest BCUT2D eigenvalue weighted by Gasteiger charge is 2.66. The van der Waals surface area contributed by atoms with Gasteiger partial charge in [-0.25, -0.2) is 4.68 Å². The van der Waals surface area contributed by atoms with Gasteiger partial charge in [0.05, 0.1) is 12.5 Å². The van der Waals surface area contributed by atoms with Crippen LogP contribution in [0.1, 0.15) is 50.4 Å². The largest absolute Gasteiger partial charge is 0.481 e. The van der Waals surface area contributed by atoms with E-state index in [4.69, 9.17) is 5.11 Å². The summed E-state index contributed by atoms with van der Waals surface area (Å²) in [6, 6.07) is -0.165. The van der Waals surface area contributed by atoms with Crippen LogP contribution in [0.5, 0.6) is 0 Å². The SMILES string of the molecule is CC(CC(=O)O)n1nnnc1C1C2C3CCC(C3)C12. The second-order valence-corrected chi connectivity index (χ2v) is 6.44. The maximum Gasteiger partial charge on any atom is 0.305 e. The molecule has 0 spiro atoms. The molecule has 1 aromatic heterocycles. The standard InChI is InChI=1S/C13H18N4O2/c1-6(4-9(18)19)17-13(14-15-16-17)12-10-7-2-3-8(5-7)11(10)12/h6-8,10-12H,2-5H2,1H3,(H,18,19). The molecule has 3 fully saturated rings. The van der Waals surface area contributed by atoms with Gasteiger partial charge in [-0.2, -0.15) is 0 Å². The van der Waals surface area contributed by atoms with Gasteiger partial charge in [0, 0.05) is 5.92 Å². The Morgan fingerprint density at radius 2 is 2.11 bits per heavy atom. The first-order valence-corrected chi connectivity index (χ1v) is 7.16. The fraction of sp³-hybridized carbons (Fsp3) is 0.846. The Kier molecular flexibility index (Phi) is 2.26. The van der Waals surface area contributed by atoms with Gasteiger partial charge in [0.25, 0.3) is 0 Å². The zero-order chi connectivity index (χ0) is 13.1. The molecule has 0 radical (unpaired) electrons. The first kappa shape index (κ1) is 11.4. The van der Waals surface area contributed by atoms with Crippen LogP contribution >= 0.6 is 0 Å². The fourth-order valence-electron chi connectivity index (χ4n) is 4.74. The summed E-state index contributed by atoms with van der Waals surface area (Å²) in [5, 5.41) is 20.9. The van der Waals surface area contributed by atoms with E-state index in [0.717, 1.165) is 29.5 Å². The van der Waals surface area contributed by atoms with Gasteiger partial charge in [0.2, 0.25) is 0 Å². The zero-order valence-electron chi connectivity index (χ0n) is 10.9. The van der Waals surface area contributed by atoms with E-state index in [1.54, 1.807) is 4.68 Å². The van der Waals surface area contributed by atoms with Crippen LogP contribution < -0.4 is 0 Å². The van der Waals surface area contributed by atoms with Crippen molar-refractivity contribution in [2.24, 2.45) is 23.7 Å². The van der Waals surface area contributed by atoms with Gasteiger partial charge >= 0.3 is 5.97 Å². The van der Waals surface area contributed by atoms with Crippen LogP contribution in [0.3, 0.4) is 0 Å². The molecule has 3 aliphatic carbocycles. The number of carboxylic acid groups (broad SMARTS) is 1. The first-order valence-electron chi connectivity index (χ1n) is 7.16. The Labute approximate surface area is 111 Å². The third kappa shape index (κ3) is 1.55. The number of hydrogen-bond acceptors (Lipinski definition) is 4. The number of aliphatic carboxylic acids is 1. The minimum absolute atomic E-state index is 0.0763. The summed E-state index contributed by atoms with van der Waals surface area (Å²) < 4.78 is 1.75. The molecule has 5 atom stereocenters. The predicted octanol–water partition coefficient (Wildman–Crippen LogP) is 1.47. The van der Waals surface area contributed by atoms with Gasteiger partial charge in [-0.1, -0.05) is 0 Å². The number of aromatic nitrogens is 4. The summed E-state index contributed by atoms with van der Waals surface area (Å²) in [7, 11) is 0. The number of carbonyl (C=O) groups is 1. The Balaban J connectivity index is 1.57. The van der Waals surface area contributed by atoms with Crippen LogP contribution in [0, 0.1) is 23.7 Å². The summed E-state index contributed by atoms with van der Waals surface area (Å²) in [5.74, 6) is 3.93. The maximum atomic E-state index is 10.8. The molecule has 0 aromatic carbocycles. The molecule has 4 rings (SSSR count). The highest BCUT2D eigenvalue weighted by molar-refractivity contribution is 5.67. The number of tetrazole rings is 1. The smallest absolute Gasteiger partial charge is 0.305 e. The molecule has 5 unspecified atom stereocenters. The van der Waals surface area contributed by atoms with Gasteiger partial charge in [-0.15, -0.1) is 5.10 Å². The van der Waals surface area contributed by atoms with Crippen LogP contribution in [0.4, 0.5) is 0 Å². The minimum Gasteiger partial charge on any atom is -0.481 e. The van der Waals surface area contributed by atoms with E-state index in [-0.39, 0.29) is 12.5 Å². The highest BCUT2D eigenvalue weighted by Crippen LogP contribution is 2.72. The van der Waals surface area contributed by atoms with Crippen molar-refractivity contribution in [3.63, 3.8) is 0 Å². The molecule has 3 saturated carbocycles. The van der Waals surface area contributed by atoms with Crippen molar-refractivity contribution in [3.05, 3.63) is 5.82 Å². The van der Waals surface area contributed by atoms with Crippen molar-refractivity contribution < 1.29 is 9.90 Å². The zero-order valence-corrected chi connectivity index (χ0v) is 10.9. The molecule has 0 amide bonds. The summed E-state index contributed by atoms with van der Waals surface area (Å²) in [5.41, 5.74) is 0. The summed E-state index contributed by atoms with van der Waals surface area (Å²) in [6.07, 6.45) is 4.22. The lowest BCUT2D eigenvalue weighted by molar-refractivity contribution is -0.137. The molecule has 0 saturated heterocycles. The van der Waals surface area contributed by atoms with Crippen molar-refractivity contribution in [3.8, 4) is 0 Å². The second kappa shape index (κ2) is 3.77. The molecule has 1 aromatic rings. The monoisotopic (exact) mass is 262 g/mol. The van der Waals surface area contributed by atoms with Crippen molar-refractivity contribution >= 4 is 5.97 Å². The molecule has 2 bridgehead atoms. The van der Waals surface area contributed by atoms with E-state index in [2.05, 4.69) is 15.5 Å². The van der Waals surface area contributed by atoms with Crippen LogP contribution in [0.25, 0.3) is 0 Å². The minimum atomic E-state index is -0.801. The van der Waals surface area contributed by atoms with E-state index in [1.165, 1.54) is 19.3 Å². The summed E-state index contributed by atoms with van der Waals surface area (Å²) in [6.45, 7) is 1.88. The molecule has 1 N–H and O–H groups in total. The van der Waals surface area contributed by atoms with Crippen LogP contribution in [-0.4, -0.2) is 31.3 Å². The lowest BCUT2D eigenvalue weighted by atomic mass is 10.0. The van der Waals surface area contributed by atoms with Gasteiger partial charge in [-0.3, -0.25) is 4.79 Å². The van der Waals surface area contributed by atoms with E-state index in [1.807, 2.05) is 6.92 Å².